The quantitative estimate of drug-likeness (QED) is 0.270. The number of benzene rings is 1. The summed E-state index contributed by atoms with van der Waals surface area (Å²) in [7, 11) is 0. The first-order valence-electron chi connectivity index (χ1n) is 8.59. The van der Waals surface area contributed by atoms with Gasteiger partial charge < -0.3 is 4.74 Å². The highest BCUT2D eigenvalue weighted by Gasteiger charge is 1.99. The number of hydrogen-bond acceptors (Lipinski definition) is 2. The molecule has 0 spiro atoms. The van der Waals surface area contributed by atoms with Crippen molar-refractivity contribution in [3.05, 3.63) is 42.0 Å². The van der Waals surface area contributed by atoms with Crippen LogP contribution in [0.15, 0.2) is 36.4 Å². The van der Waals surface area contributed by atoms with Crippen LogP contribution < -0.4 is 4.74 Å². The van der Waals surface area contributed by atoms with Crippen molar-refractivity contribution in [1.82, 2.24) is 0 Å². The molecule has 122 valence electrons. The molecule has 0 saturated carbocycles. The molecule has 0 radical (unpaired) electrons. The van der Waals surface area contributed by atoms with Crippen LogP contribution in [0, 0.1) is 0 Å². The zero-order valence-electron chi connectivity index (χ0n) is 14.1. The van der Waals surface area contributed by atoms with E-state index in [2.05, 4.69) is 19.1 Å². The van der Waals surface area contributed by atoms with E-state index in [1.165, 1.54) is 44.9 Å². The zero-order chi connectivity index (χ0) is 16.0. The molecule has 0 heterocycles. The molecule has 22 heavy (non-hydrogen) atoms. The molecule has 0 aromatic heterocycles. The highest BCUT2D eigenvalue weighted by molar-refractivity contribution is 5.94. The molecule has 0 saturated heterocycles. The minimum atomic E-state index is 0.0947. The Morgan fingerprint density at radius 3 is 2.14 bits per heavy atom. The summed E-state index contributed by atoms with van der Waals surface area (Å²) in [5.41, 5.74) is 0.738. The van der Waals surface area contributed by atoms with Gasteiger partial charge in [0.1, 0.15) is 5.75 Å². The number of hydrogen-bond donors (Lipinski definition) is 0. The predicted octanol–water partition coefficient (Wildman–Crippen LogP) is 5.96. The van der Waals surface area contributed by atoms with Gasteiger partial charge in [0, 0.05) is 5.56 Å². The van der Waals surface area contributed by atoms with Crippen LogP contribution in [0.5, 0.6) is 5.75 Å². The van der Waals surface area contributed by atoms with E-state index in [1.54, 1.807) is 6.92 Å². The van der Waals surface area contributed by atoms with Gasteiger partial charge in [0.15, 0.2) is 5.78 Å². The van der Waals surface area contributed by atoms with Crippen molar-refractivity contribution in [2.75, 3.05) is 6.61 Å². The average Bonchev–Trinajstić information content (AvgIpc) is 2.53. The van der Waals surface area contributed by atoms with Crippen LogP contribution in [0.2, 0.25) is 0 Å². The molecule has 1 rings (SSSR count). The summed E-state index contributed by atoms with van der Waals surface area (Å²) in [5.74, 6) is 0.950. The maximum absolute atomic E-state index is 11.2. The van der Waals surface area contributed by atoms with Crippen LogP contribution in [-0.4, -0.2) is 12.4 Å². The Bertz CT molecular complexity index is 432. The molecule has 1 aromatic carbocycles. The highest BCUT2D eigenvalue weighted by Crippen LogP contribution is 2.14. The summed E-state index contributed by atoms with van der Waals surface area (Å²) in [6, 6.07) is 7.40. The summed E-state index contributed by atoms with van der Waals surface area (Å²) in [5, 5.41) is 0. The van der Waals surface area contributed by atoms with Gasteiger partial charge in [-0.2, -0.15) is 0 Å². The number of rotatable bonds is 12. The number of unbranched alkanes of at least 4 members (excludes halogenated alkanes) is 7. The fraction of sp³-hybridized carbons (Fsp3) is 0.550. The Morgan fingerprint density at radius 1 is 0.955 bits per heavy atom. The second kappa shape index (κ2) is 12.0. The van der Waals surface area contributed by atoms with Gasteiger partial charge >= 0.3 is 0 Å². The molecule has 0 bridgehead atoms. The second-order valence-electron chi connectivity index (χ2n) is 5.76. The van der Waals surface area contributed by atoms with Crippen LogP contribution in [0.1, 0.15) is 75.6 Å². The molecule has 2 nitrogen and oxygen atoms in total. The van der Waals surface area contributed by atoms with Crippen molar-refractivity contribution < 1.29 is 9.53 Å². The molecule has 0 aliphatic rings. The first-order chi connectivity index (χ1) is 10.7. The molecule has 0 N–H and O–H groups in total. The molecule has 0 aliphatic carbocycles. The Labute approximate surface area is 135 Å². The Hall–Kier alpha value is -1.57. The Kier molecular flexibility index (Phi) is 10.1. The van der Waals surface area contributed by atoms with Gasteiger partial charge in [0.05, 0.1) is 6.61 Å². The van der Waals surface area contributed by atoms with Crippen molar-refractivity contribution in [2.45, 2.75) is 65.2 Å². The summed E-state index contributed by atoms with van der Waals surface area (Å²) >= 11 is 0. The monoisotopic (exact) mass is 302 g/mol. The summed E-state index contributed by atoms with van der Waals surface area (Å²) in [4.78, 5) is 11.2. The maximum Gasteiger partial charge on any atom is 0.159 e. The van der Waals surface area contributed by atoms with Gasteiger partial charge in [-0.15, -0.1) is 0 Å². The van der Waals surface area contributed by atoms with Gasteiger partial charge in [-0.05, 0) is 57.4 Å². The molecule has 0 fully saturated rings. The molecular formula is C20H30O2. The SMILES string of the molecule is C/C=C\CCCCCCCCCOc1ccc(C(C)=O)cc1. The van der Waals surface area contributed by atoms with Gasteiger partial charge in [-0.1, -0.05) is 44.3 Å². The van der Waals surface area contributed by atoms with Gasteiger partial charge in [-0.25, -0.2) is 0 Å². The summed E-state index contributed by atoms with van der Waals surface area (Å²) < 4.78 is 5.69. The molecule has 0 unspecified atom stereocenters. The maximum atomic E-state index is 11.2. The van der Waals surface area contributed by atoms with Gasteiger partial charge in [0.2, 0.25) is 0 Å². The van der Waals surface area contributed by atoms with E-state index in [9.17, 15) is 4.79 Å². The lowest BCUT2D eigenvalue weighted by molar-refractivity contribution is 0.101. The summed E-state index contributed by atoms with van der Waals surface area (Å²) in [6.07, 6.45) is 14.6. The average molecular weight is 302 g/mol. The van der Waals surface area contributed by atoms with E-state index in [1.807, 2.05) is 24.3 Å². The van der Waals surface area contributed by atoms with Gasteiger partial charge in [-0.3, -0.25) is 4.79 Å². The first-order valence-corrected chi connectivity index (χ1v) is 8.59. The van der Waals surface area contributed by atoms with E-state index in [4.69, 9.17) is 4.74 Å². The van der Waals surface area contributed by atoms with Crippen LogP contribution in [0.4, 0.5) is 0 Å². The van der Waals surface area contributed by atoms with E-state index < -0.39 is 0 Å². The number of allylic oxidation sites excluding steroid dienone is 2. The van der Waals surface area contributed by atoms with Crippen molar-refractivity contribution >= 4 is 5.78 Å². The van der Waals surface area contributed by atoms with Crippen LogP contribution in [0.3, 0.4) is 0 Å². The predicted molar refractivity (Wildman–Crippen MR) is 93.7 cm³/mol. The number of carbonyl (C=O) groups is 1. The van der Waals surface area contributed by atoms with Crippen molar-refractivity contribution in [3.63, 3.8) is 0 Å². The van der Waals surface area contributed by atoms with Crippen molar-refractivity contribution in [3.8, 4) is 5.75 Å². The molecule has 0 aliphatic heterocycles. The fourth-order valence-corrected chi connectivity index (χ4v) is 2.39. The van der Waals surface area contributed by atoms with Crippen molar-refractivity contribution in [2.24, 2.45) is 0 Å². The lowest BCUT2D eigenvalue weighted by atomic mass is 10.1. The normalized spacial score (nSPS) is 11.0. The number of ketones is 1. The van der Waals surface area contributed by atoms with Crippen LogP contribution in [0.25, 0.3) is 0 Å². The third-order valence-corrected chi connectivity index (χ3v) is 3.78. The van der Waals surface area contributed by atoms with E-state index in [-0.39, 0.29) is 5.78 Å². The second-order valence-corrected chi connectivity index (χ2v) is 5.76. The zero-order valence-corrected chi connectivity index (χ0v) is 14.1. The number of ether oxygens (including phenoxy) is 1. The Morgan fingerprint density at radius 2 is 1.55 bits per heavy atom. The minimum absolute atomic E-state index is 0.0947. The standard InChI is InChI=1S/C20H30O2/c1-3-4-5-6-7-8-9-10-11-12-17-22-20-15-13-19(14-16-20)18(2)21/h3-4,13-16H,5-12,17H2,1-2H3/b4-3-. The van der Waals surface area contributed by atoms with Gasteiger partial charge in [0.25, 0.3) is 0 Å². The number of Topliss-reactive ketones (excluding diaryl/α,β-unsaturated/α-hetero) is 1. The molecule has 0 amide bonds. The molecular weight excluding hydrogens is 272 g/mol. The van der Waals surface area contributed by atoms with Crippen LogP contribution in [-0.2, 0) is 0 Å². The molecule has 1 aromatic rings. The molecule has 0 atom stereocenters. The highest BCUT2D eigenvalue weighted by atomic mass is 16.5. The smallest absolute Gasteiger partial charge is 0.159 e. The lowest BCUT2D eigenvalue weighted by Gasteiger charge is -2.06. The minimum Gasteiger partial charge on any atom is -0.494 e. The largest absolute Gasteiger partial charge is 0.494 e. The van der Waals surface area contributed by atoms with E-state index >= 15 is 0 Å². The Balaban J connectivity index is 1.96. The third-order valence-electron chi connectivity index (χ3n) is 3.78. The van der Waals surface area contributed by atoms with Crippen molar-refractivity contribution in [1.29, 1.82) is 0 Å². The fourth-order valence-electron chi connectivity index (χ4n) is 2.39. The molecule has 2 heteroatoms. The first kappa shape index (κ1) is 18.5. The third kappa shape index (κ3) is 8.66. The van der Waals surface area contributed by atoms with E-state index in [0.717, 1.165) is 24.3 Å². The number of carbonyl (C=O) groups excluding carboxylic acids is 1. The van der Waals surface area contributed by atoms with Crippen LogP contribution >= 0.6 is 0 Å². The summed E-state index contributed by atoms with van der Waals surface area (Å²) in [6.45, 7) is 4.43. The topological polar surface area (TPSA) is 26.3 Å². The van der Waals surface area contributed by atoms with E-state index in [0.29, 0.717) is 0 Å². The lowest BCUT2D eigenvalue weighted by Crippen LogP contribution is -1.98.